The van der Waals surface area contributed by atoms with Crippen LogP contribution in [0.1, 0.15) is 11.3 Å². The van der Waals surface area contributed by atoms with Crippen LogP contribution in [0.4, 0.5) is 11.8 Å². The van der Waals surface area contributed by atoms with Gasteiger partial charge in [-0.25, -0.2) is 4.98 Å². The molecule has 0 spiro atoms. The minimum atomic E-state index is 0.367. The highest BCUT2D eigenvalue weighted by Gasteiger charge is 2.16. The molecule has 1 saturated heterocycles. The van der Waals surface area contributed by atoms with Gasteiger partial charge in [-0.2, -0.15) is 4.98 Å². The molecule has 1 aromatic heterocycles. The Balaban J connectivity index is 2.33. The van der Waals surface area contributed by atoms with Crippen molar-refractivity contribution in [1.29, 1.82) is 0 Å². The van der Waals surface area contributed by atoms with Crippen LogP contribution in [0.25, 0.3) is 0 Å². The Bertz CT molecular complexity index is 357. The highest BCUT2D eigenvalue weighted by atomic mass is 15.2. The largest absolute Gasteiger partial charge is 0.368 e. The van der Waals surface area contributed by atoms with Crippen molar-refractivity contribution in [1.82, 2.24) is 15.3 Å². The number of anilines is 2. The van der Waals surface area contributed by atoms with Gasteiger partial charge in [-0.3, -0.25) is 0 Å². The Morgan fingerprint density at radius 3 is 2.53 bits per heavy atom. The van der Waals surface area contributed by atoms with E-state index in [1.165, 1.54) is 0 Å². The van der Waals surface area contributed by atoms with E-state index in [9.17, 15) is 0 Å². The van der Waals surface area contributed by atoms with Gasteiger partial charge >= 0.3 is 0 Å². The van der Waals surface area contributed by atoms with E-state index in [1.807, 2.05) is 13.8 Å². The standard InChI is InChI=1S/C10H17N5/c1-7-8(2)13-10(11)14-9(7)15-5-3-12-4-6-15/h12H,3-6H2,1-2H3,(H2,11,13,14). The van der Waals surface area contributed by atoms with Gasteiger partial charge in [-0.05, 0) is 13.8 Å². The molecule has 1 fully saturated rings. The minimum absolute atomic E-state index is 0.367. The predicted octanol–water partition coefficient (Wildman–Crippen LogP) is 0.0852. The molecule has 15 heavy (non-hydrogen) atoms. The number of hydrogen-bond acceptors (Lipinski definition) is 5. The van der Waals surface area contributed by atoms with Gasteiger partial charge in [0.15, 0.2) is 0 Å². The molecule has 0 aromatic carbocycles. The zero-order chi connectivity index (χ0) is 10.8. The lowest BCUT2D eigenvalue weighted by Crippen LogP contribution is -2.44. The first-order valence-corrected chi connectivity index (χ1v) is 5.25. The van der Waals surface area contributed by atoms with Crippen LogP contribution in [0, 0.1) is 13.8 Å². The predicted molar refractivity (Wildman–Crippen MR) is 61.0 cm³/mol. The maximum atomic E-state index is 5.67. The van der Waals surface area contributed by atoms with E-state index in [0.717, 1.165) is 43.3 Å². The van der Waals surface area contributed by atoms with E-state index in [2.05, 4.69) is 20.2 Å². The van der Waals surface area contributed by atoms with Gasteiger partial charge in [-0.1, -0.05) is 0 Å². The lowest BCUT2D eigenvalue weighted by molar-refractivity contribution is 0.583. The lowest BCUT2D eigenvalue weighted by Gasteiger charge is -2.29. The fourth-order valence-corrected chi connectivity index (χ4v) is 1.82. The van der Waals surface area contributed by atoms with Crippen molar-refractivity contribution in [3.63, 3.8) is 0 Å². The number of aromatic nitrogens is 2. The molecule has 5 nitrogen and oxygen atoms in total. The molecule has 1 aliphatic heterocycles. The summed E-state index contributed by atoms with van der Waals surface area (Å²) >= 11 is 0. The quantitative estimate of drug-likeness (QED) is 0.683. The number of nitrogens with zero attached hydrogens (tertiary/aromatic N) is 3. The van der Waals surface area contributed by atoms with Crippen molar-refractivity contribution >= 4 is 11.8 Å². The number of nitrogen functional groups attached to an aromatic ring is 1. The second-order valence-electron chi connectivity index (χ2n) is 3.85. The molecule has 3 N–H and O–H groups in total. The average Bonchev–Trinajstić information content (AvgIpc) is 2.24. The minimum Gasteiger partial charge on any atom is -0.368 e. The van der Waals surface area contributed by atoms with Crippen LogP contribution in [-0.2, 0) is 0 Å². The van der Waals surface area contributed by atoms with Crippen molar-refractivity contribution in [2.75, 3.05) is 36.8 Å². The topological polar surface area (TPSA) is 67.1 Å². The summed E-state index contributed by atoms with van der Waals surface area (Å²) in [4.78, 5) is 10.7. The smallest absolute Gasteiger partial charge is 0.222 e. The van der Waals surface area contributed by atoms with Gasteiger partial charge in [0.1, 0.15) is 5.82 Å². The molecule has 2 rings (SSSR count). The van der Waals surface area contributed by atoms with Gasteiger partial charge in [0.25, 0.3) is 0 Å². The Labute approximate surface area is 89.7 Å². The van der Waals surface area contributed by atoms with E-state index >= 15 is 0 Å². The summed E-state index contributed by atoms with van der Waals surface area (Å²) in [5.41, 5.74) is 7.77. The summed E-state index contributed by atoms with van der Waals surface area (Å²) < 4.78 is 0. The molecule has 0 saturated carbocycles. The zero-order valence-corrected chi connectivity index (χ0v) is 9.25. The Morgan fingerprint density at radius 1 is 1.20 bits per heavy atom. The first-order chi connectivity index (χ1) is 7.18. The van der Waals surface area contributed by atoms with Crippen LogP contribution in [-0.4, -0.2) is 36.1 Å². The second-order valence-corrected chi connectivity index (χ2v) is 3.85. The Morgan fingerprint density at radius 2 is 1.87 bits per heavy atom. The fourth-order valence-electron chi connectivity index (χ4n) is 1.82. The lowest BCUT2D eigenvalue weighted by atomic mass is 10.2. The molecule has 82 valence electrons. The summed E-state index contributed by atoms with van der Waals surface area (Å²) in [7, 11) is 0. The van der Waals surface area contributed by atoms with Gasteiger partial charge in [0.05, 0.1) is 0 Å². The Hall–Kier alpha value is -1.36. The number of aryl methyl sites for hydroxylation is 1. The molecule has 0 amide bonds. The monoisotopic (exact) mass is 207 g/mol. The van der Waals surface area contributed by atoms with Gasteiger partial charge < -0.3 is 16.0 Å². The number of nitrogens with one attached hydrogen (secondary N) is 1. The van der Waals surface area contributed by atoms with Gasteiger partial charge in [0.2, 0.25) is 5.95 Å². The van der Waals surface area contributed by atoms with Crippen molar-refractivity contribution in [2.45, 2.75) is 13.8 Å². The Kier molecular flexibility index (Phi) is 2.73. The molecule has 0 atom stereocenters. The first kappa shape index (κ1) is 10.2. The van der Waals surface area contributed by atoms with Crippen molar-refractivity contribution in [3.05, 3.63) is 11.3 Å². The van der Waals surface area contributed by atoms with Crippen molar-refractivity contribution in [3.8, 4) is 0 Å². The van der Waals surface area contributed by atoms with E-state index in [-0.39, 0.29) is 0 Å². The van der Waals surface area contributed by atoms with Gasteiger partial charge in [-0.15, -0.1) is 0 Å². The molecule has 0 radical (unpaired) electrons. The number of rotatable bonds is 1. The summed E-state index contributed by atoms with van der Waals surface area (Å²) in [5.74, 6) is 1.35. The van der Waals surface area contributed by atoms with Crippen LogP contribution in [0.5, 0.6) is 0 Å². The summed E-state index contributed by atoms with van der Waals surface area (Å²) in [6.45, 7) is 7.99. The van der Waals surface area contributed by atoms with Crippen LogP contribution in [0.3, 0.4) is 0 Å². The van der Waals surface area contributed by atoms with E-state index in [0.29, 0.717) is 5.95 Å². The van der Waals surface area contributed by atoms with E-state index < -0.39 is 0 Å². The normalized spacial score (nSPS) is 16.8. The number of nitrogens with two attached hydrogens (primary N) is 1. The molecule has 0 bridgehead atoms. The molecule has 1 aliphatic rings. The summed E-state index contributed by atoms with van der Waals surface area (Å²) in [5, 5.41) is 3.32. The summed E-state index contributed by atoms with van der Waals surface area (Å²) in [6.07, 6.45) is 0. The number of piperazine rings is 1. The zero-order valence-electron chi connectivity index (χ0n) is 9.25. The highest BCUT2D eigenvalue weighted by Crippen LogP contribution is 2.20. The molecule has 0 aliphatic carbocycles. The third-order valence-corrected chi connectivity index (χ3v) is 2.80. The van der Waals surface area contributed by atoms with Crippen molar-refractivity contribution < 1.29 is 0 Å². The van der Waals surface area contributed by atoms with Gasteiger partial charge in [0, 0.05) is 37.4 Å². The van der Waals surface area contributed by atoms with Crippen LogP contribution >= 0.6 is 0 Å². The van der Waals surface area contributed by atoms with Crippen LogP contribution in [0.2, 0.25) is 0 Å². The van der Waals surface area contributed by atoms with Crippen molar-refractivity contribution in [2.24, 2.45) is 0 Å². The molecule has 0 unspecified atom stereocenters. The number of hydrogen-bond donors (Lipinski definition) is 2. The first-order valence-electron chi connectivity index (χ1n) is 5.25. The molecule has 1 aromatic rings. The molecule has 5 heteroatoms. The third kappa shape index (κ3) is 2.02. The molecule has 2 heterocycles. The maximum absolute atomic E-state index is 5.67. The average molecular weight is 207 g/mol. The summed E-state index contributed by atoms with van der Waals surface area (Å²) in [6, 6.07) is 0. The maximum Gasteiger partial charge on any atom is 0.222 e. The van der Waals surface area contributed by atoms with E-state index in [1.54, 1.807) is 0 Å². The third-order valence-electron chi connectivity index (χ3n) is 2.80. The molecular formula is C10H17N5. The SMILES string of the molecule is Cc1nc(N)nc(N2CCNCC2)c1C. The fraction of sp³-hybridized carbons (Fsp3) is 0.600. The van der Waals surface area contributed by atoms with Crippen LogP contribution < -0.4 is 16.0 Å². The highest BCUT2D eigenvalue weighted by molar-refractivity contribution is 5.51. The second kappa shape index (κ2) is 4.02. The van der Waals surface area contributed by atoms with Crippen LogP contribution in [0.15, 0.2) is 0 Å². The van der Waals surface area contributed by atoms with E-state index in [4.69, 9.17) is 5.73 Å². The molecular weight excluding hydrogens is 190 g/mol.